The Labute approximate surface area is 130 Å². The summed E-state index contributed by atoms with van der Waals surface area (Å²) in [5.41, 5.74) is 1.31. The summed E-state index contributed by atoms with van der Waals surface area (Å²) in [4.78, 5) is 18.2. The Morgan fingerprint density at radius 1 is 1.24 bits per heavy atom. The summed E-state index contributed by atoms with van der Waals surface area (Å²) in [6.45, 7) is 0. The van der Waals surface area contributed by atoms with Gasteiger partial charge in [-0.3, -0.25) is 14.7 Å². The average Bonchev–Trinajstić information content (AvgIpc) is 2.74. The second-order valence-electron chi connectivity index (χ2n) is 4.28. The number of thiocarbonyl (C=S) groups is 1. The zero-order valence-electron chi connectivity index (χ0n) is 10.7. The number of benzene rings is 1. The van der Waals surface area contributed by atoms with Gasteiger partial charge in [0.05, 0.1) is 10.6 Å². The number of hydrogen-bond donors (Lipinski definition) is 0. The molecule has 0 unspecified atom stereocenters. The Morgan fingerprint density at radius 3 is 2.71 bits per heavy atom. The van der Waals surface area contributed by atoms with Crippen molar-refractivity contribution in [2.24, 2.45) is 0 Å². The lowest BCUT2D eigenvalue weighted by Crippen LogP contribution is -2.27. The van der Waals surface area contributed by atoms with Gasteiger partial charge in [-0.1, -0.05) is 30.0 Å². The van der Waals surface area contributed by atoms with E-state index in [2.05, 4.69) is 4.98 Å². The van der Waals surface area contributed by atoms with Gasteiger partial charge in [0.1, 0.15) is 5.82 Å². The molecule has 0 N–H and O–H groups in total. The van der Waals surface area contributed by atoms with Gasteiger partial charge in [-0.05, 0) is 42.0 Å². The maximum Gasteiger partial charge on any atom is 0.270 e. The third-order valence-corrected chi connectivity index (χ3v) is 4.17. The molecule has 0 spiro atoms. The number of rotatable bonds is 2. The number of carbonyl (C=O) groups excluding carboxylic acids is 1. The predicted octanol–water partition coefficient (Wildman–Crippen LogP) is 3.63. The third-order valence-electron chi connectivity index (χ3n) is 2.86. The maximum atomic E-state index is 13.3. The molecule has 0 radical (unpaired) electrons. The first-order chi connectivity index (χ1) is 10.1. The largest absolute Gasteiger partial charge is 0.270 e. The molecule has 1 aromatic heterocycles. The Hall–Kier alpha value is -2.05. The summed E-state index contributed by atoms with van der Waals surface area (Å²) in [5, 5.41) is 0. The smallest absolute Gasteiger partial charge is 0.268 e. The van der Waals surface area contributed by atoms with Crippen LogP contribution < -0.4 is 4.90 Å². The topological polar surface area (TPSA) is 33.2 Å². The van der Waals surface area contributed by atoms with Crippen molar-refractivity contribution in [1.82, 2.24) is 4.98 Å². The van der Waals surface area contributed by atoms with E-state index in [1.807, 2.05) is 0 Å². The van der Waals surface area contributed by atoms with Gasteiger partial charge < -0.3 is 0 Å². The van der Waals surface area contributed by atoms with Gasteiger partial charge in [0.25, 0.3) is 5.91 Å². The molecule has 1 saturated heterocycles. The van der Waals surface area contributed by atoms with Crippen LogP contribution in [0, 0.1) is 5.82 Å². The number of amides is 1. The molecule has 104 valence electrons. The molecule has 0 bridgehead atoms. The van der Waals surface area contributed by atoms with Gasteiger partial charge in [0, 0.05) is 12.4 Å². The number of nitrogens with zero attached hydrogens (tertiary/aromatic N) is 2. The number of aromatic nitrogens is 1. The van der Waals surface area contributed by atoms with E-state index >= 15 is 0 Å². The van der Waals surface area contributed by atoms with Gasteiger partial charge >= 0.3 is 0 Å². The minimum atomic E-state index is -0.403. The SMILES string of the molecule is O=C1/C(=C/c2ccncc2)SC(=S)N1c1cccc(F)c1. The van der Waals surface area contributed by atoms with Crippen molar-refractivity contribution >= 4 is 46.0 Å². The molecule has 1 amide bonds. The van der Waals surface area contributed by atoms with E-state index in [9.17, 15) is 9.18 Å². The van der Waals surface area contributed by atoms with Crippen LogP contribution in [0.15, 0.2) is 53.7 Å². The maximum absolute atomic E-state index is 13.3. The molecule has 1 aromatic carbocycles. The monoisotopic (exact) mass is 316 g/mol. The van der Waals surface area contributed by atoms with Gasteiger partial charge in [-0.15, -0.1) is 0 Å². The molecule has 1 aliphatic rings. The van der Waals surface area contributed by atoms with Crippen LogP contribution in [0.1, 0.15) is 5.56 Å². The molecule has 2 heterocycles. The van der Waals surface area contributed by atoms with E-state index in [4.69, 9.17) is 12.2 Å². The van der Waals surface area contributed by atoms with Crippen LogP contribution in [0.4, 0.5) is 10.1 Å². The fourth-order valence-electron chi connectivity index (χ4n) is 1.92. The summed E-state index contributed by atoms with van der Waals surface area (Å²) >= 11 is 6.43. The molecule has 1 aliphatic heterocycles. The van der Waals surface area contributed by atoms with E-state index in [0.717, 1.165) is 5.56 Å². The fraction of sp³-hybridized carbons (Fsp3) is 0. The summed E-state index contributed by atoms with van der Waals surface area (Å²) < 4.78 is 13.7. The lowest BCUT2D eigenvalue weighted by Gasteiger charge is -2.14. The number of hydrogen-bond acceptors (Lipinski definition) is 4. The highest BCUT2D eigenvalue weighted by molar-refractivity contribution is 8.27. The predicted molar refractivity (Wildman–Crippen MR) is 86.3 cm³/mol. The zero-order chi connectivity index (χ0) is 14.8. The molecule has 0 saturated carbocycles. The molecule has 0 aliphatic carbocycles. The van der Waals surface area contributed by atoms with Gasteiger partial charge in [-0.25, -0.2) is 4.39 Å². The summed E-state index contributed by atoms with van der Waals surface area (Å²) in [6, 6.07) is 9.43. The highest BCUT2D eigenvalue weighted by Gasteiger charge is 2.33. The van der Waals surface area contributed by atoms with Crippen LogP contribution in [0.25, 0.3) is 6.08 Å². The molecule has 0 atom stereocenters. The first kappa shape index (κ1) is 13.9. The lowest BCUT2D eigenvalue weighted by atomic mass is 10.2. The van der Waals surface area contributed by atoms with E-state index in [0.29, 0.717) is 14.9 Å². The van der Waals surface area contributed by atoms with E-state index < -0.39 is 5.82 Å². The standard InChI is InChI=1S/C15H9FN2OS2/c16-11-2-1-3-12(9-11)18-14(19)13(21-15(18)20)8-10-4-6-17-7-5-10/h1-9H/b13-8-. The Kier molecular flexibility index (Phi) is 3.81. The van der Waals surface area contributed by atoms with Crippen LogP contribution in [-0.4, -0.2) is 15.2 Å². The highest BCUT2D eigenvalue weighted by atomic mass is 32.2. The number of halogens is 1. The van der Waals surface area contributed by atoms with Crippen LogP contribution in [0.2, 0.25) is 0 Å². The van der Waals surface area contributed by atoms with Crippen molar-refractivity contribution in [1.29, 1.82) is 0 Å². The normalized spacial score (nSPS) is 16.8. The highest BCUT2D eigenvalue weighted by Crippen LogP contribution is 2.36. The van der Waals surface area contributed by atoms with Crippen molar-refractivity contribution in [3.63, 3.8) is 0 Å². The Balaban J connectivity index is 1.94. The number of anilines is 1. The third kappa shape index (κ3) is 2.86. The summed E-state index contributed by atoms with van der Waals surface area (Å²) in [5.74, 6) is -0.646. The van der Waals surface area contributed by atoms with E-state index in [1.54, 1.807) is 42.7 Å². The molecule has 2 aromatic rings. The van der Waals surface area contributed by atoms with E-state index in [1.165, 1.54) is 28.8 Å². The second kappa shape index (κ2) is 5.75. The lowest BCUT2D eigenvalue weighted by molar-refractivity contribution is -0.113. The van der Waals surface area contributed by atoms with E-state index in [-0.39, 0.29) is 5.91 Å². The molecule has 21 heavy (non-hydrogen) atoms. The first-order valence-electron chi connectivity index (χ1n) is 6.09. The first-order valence-corrected chi connectivity index (χ1v) is 7.31. The quantitative estimate of drug-likeness (QED) is 0.626. The van der Waals surface area contributed by atoms with Gasteiger partial charge in [0.2, 0.25) is 0 Å². The van der Waals surface area contributed by atoms with Crippen molar-refractivity contribution in [2.75, 3.05) is 4.90 Å². The molecule has 3 nitrogen and oxygen atoms in total. The zero-order valence-corrected chi connectivity index (χ0v) is 12.3. The molecular formula is C15H9FN2OS2. The number of carbonyl (C=O) groups is 1. The Bertz CT molecular complexity index is 746. The van der Waals surface area contributed by atoms with Crippen LogP contribution in [0.3, 0.4) is 0 Å². The van der Waals surface area contributed by atoms with Crippen LogP contribution in [0.5, 0.6) is 0 Å². The minimum Gasteiger partial charge on any atom is -0.268 e. The molecule has 6 heteroatoms. The average molecular weight is 316 g/mol. The van der Waals surface area contributed by atoms with Crippen molar-refractivity contribution < 1.29 is 9.18 Å². The van der Waals surface area contributed by atoms with Gasteiger partial charge in [-0.2, -0.15) is 0 Å². The van der Waals surface area contributed by atoms with Crippen LogP contribution in [-0.2, 0) is 4.79 Å². The van der Waals surface area contributed by atoms with Gasteiger partial charge in [0.15, 0.2) is 4.32 Å². The van der Waals surface area contributed by atoms with Crippen molar-refractivity contribution in [3.8, 4) is 0 Å². The Morgan fingerprint density at radius 2 is 2.00 bits per heavy atom. The summed E-state index contributed by atoms with van der Waals surface area (Å²) in [7, 11) is 0. The van der Waals surface area contributed by atoms with Crippen molar-refractivity contribution in [2.45, 2.75) is 0 Å². The number of pyridine rings is 1. The van der Waals surface area contributed by atoms with Crippen molar-refractivity contribution in [3.05, 3.63) is 65.1 Å². The fourth-order valence-corrected chi connectivity index (χ4v) is 3.22. The summed E-state index contributed by atoms with van der Waals surface area (Å²) in [6.07, 6.45) is 5.05. The molecule has 1 fully saturated rings. The number of thioether (sulfide) groups is 1. The minimum absolute atomic E-state index is 0.243. The second-order valence-corrected chi connectivity index (χ2v) is 5.95. The molecular weight excluding hydrogens is 307 g/mol. The van der Waals surface area contributed by atoms with Crippen LogP contribution >= 0.6 is 24.0 Å². The molecule has 3 rings (SSSR count).